The summed E-state index contributed by atoms with van der Waals surface area (Å²) in [4.78, 5) is 61.3. The van der Waals surface area contributed by atoms with Gasteiger partial charge in [0.2, 0.25) is 5.91 Å². The van der Waals surface area contributed by atoms with Gasteiger partial charge in [0.1, 0.15) is 0 Å². The van der Waals surface area contributed by atoms with Crippen LogP contribution in [0.1, 0.15) is 36.6 Å². The number of thioether (sulfide) groups is 1. The molecule has 1 N–H and O–H groups in total. The van der Waals surface area contributed by atoms with E-state index < -0.39 is 17.8 Å². The fourth-order valence-corrected chi connectivity index (χ4v) is 3.63. The summed E-state index contributed by atoms with van der Waals surface area (Å²) in [7, 11) is 2.40. The number of benzene rings is 2. The van der Waals surface area contributed by atoms with Crippen LogP contribution in [0.5, 0.6) is 0 Å². The molecule has 1 aliphatic rings. The number of methoxy groups -OCH3 is 2. The Labute approximate surface area is 181 Å². The first kappa shape index (κ1) is 22.0. The number of hydrogen-bond acceptors (Lipinski definition) is 8. The maximum Gasteiger partial charge on any atom is 0.337 e. The molecule has 1 saturated heterocycles. The minimum absolute atomic E-state index is 0.0656. The van der Waals surface area contributed by atoms with E-state index in [0.29, 0.717) is 5.56 Å². The molecule has 160 valence electrons. The van der Waals surface area contributed by atoms with E-state index in [-0.39, 0.29) is 45.8 Å². The number of imide groups is 1. The number of nitrogens with one attached hydrogen (secondary N) is 1. The molecule has 2 aromatic rings. The van der Waals surface area contributed by atoms with Crippen molar-refractivity contribution >= 4 is 46.4 Å². The van der Waals surface area contributed by atoms with E-state index in [2.05, 4.69) is 14.8 Å². The smallest absolute Gasteiger partial charge is 0.337 e. The number of rotatable bonds is 6. The maximum atomic E-state index is 12.7. The Bertz CT molecular complexity index is 1030. The van der Waals surface area contributed by atoms with E-state index in [1.165, 1.54) is 32.4 Å². The zero-order valence-electron chi connectivity index (χ0n) is 16.7. The van der Waals surface area contributed by atoms with Gasteiger partial charge in [-0.3, -0.25) is 19.3 Å². The van der Waals surface area contributed by atoms with Gasteiger partial charge >= 0.3 is 11.9 Å². The molecule has 0 aliphatic carbocycles. The normalized spacial score (nSPS) is 13.2. The van der Waals surface area contributed by atoms with Crippen LogP contribution in [0, 0.1) is 0 Å². The number of esters is 2. The van der Waals surface area contributed by atoms with Crippen molar-refractivity contribution in [3.05, 3.63) is 64.7 Å². The lowest BCUT2D eigenvalue weighted by atomic mass is 10.1. The summed E-state index contributed by atoms with van der Waals surface area (Å²) in [6.45, 7) is 0.0656. The molecular formula is C21H18N2O7S. The lowest BCUT2D eigenvalue weighted by Gasteiger charge is -2.14. The van der Waals surface area contributed by atoms with Gasteiger partial charge in [-0.15, -0.1) is 0 Å². The molecule has 10 heteroatoms. The minimum Gasteiger partial charge on any atom is -0.465 e. The van der Waals surface area contributed by atoms with Crippen molar-refractivity contribution < 1.29 is 33.4 Å². The molecular weight excluding hydrogens is 424 g/mol. The average Bonchev–Trinajstić information content (AvgIpc) is 3.09. The number of hydrogen-bond donors (Lipinski definition) is 1. The molecule has 0 spiro atoms. The number of carbonyl (C=O) groups is 5. The predicted octanol–water partition coefficient (Wildman–Crippen LogP) is 2.71. The average molecular weight is 442 g/mol. The second-order valence-electron chi connectivity index (χ2n) is 6.47. The van der Waals surface area contributed by atoms with Crippen molar-refractivity contribution in [2.24, 2.45) is 0 Å². The molecule has 0 bridgehead atoms. The highest BCUT2D eigenvalue weighted by molar-refractivity contribution is 8.14. The summed E-state index contributed by atoms with van der Waals surface area (Å²) in [6.07, 6.45) is 0. The topological polar surface area (TPSA) is 119 Å². The van der Waals surface area contributed by atoms with Gasteiger partial charge in [0, 0.05) is 11.3 Å². The maximum absolute atomic E-state index is 12.7. The summed E-state index contributed by atoms with van der Waals surface area (Å²) in [5.41, 5.74) is 1.21. The monoisotopic (exact) mass is 442 g/mol. The quantitative estimate of drug-likeness (QED) is 0.679. The Morgan fingerprint density at radius 1 is 0.968 bits per heavy atom. The van der Waals surface area contributed by atoms with E-state index in [4.69, 9.17) is 0 Å². The summed E-state index contributed by atoms with van der Waals surface area (Å²) >= 11 is 0.939. The number of nitrogens with zero attached hydrogens (tertiary/aromatic N) is 1. The first-order chi connectivity index (χ1) is 14.8. The molecule has 2 aromatic carbocycles. The van der Waals surface area contributed by atoms with Gasteiger partial charge in [0.15, 0.2) is 0 Å². The highest BCUT2D eigenvalue weighted by Gasteiger charge is 2.29. The Balaban J connectivity index is 1.82. The SMILES string of the molecule is COC(=O)c1cc(NC(=O)c2cccc(CN3C(=O)CSC3=O)c2)cc(C(=O)OC)c1. The predicted molar refractivity (Wildman–Crippen MR) is 112 cm³/mol. The second-order valence-corrected chi connectivity index (χ2v) is 7.40. The first-order valence-electron chi connectivity index (χ1n) is 9.01. The van der Waals surface area contributed by atoms with E-state index in [1.54, 1.807) is 24.3 Å². The van der Waals surface area contributed by atoms with Gasteiger partial charge in [0.05, 0.1) is 37.6 Å². The van der Waals surface area contributed by atoms with Crippen molar-refractivity contribution in [1.29, 1.82) is 0 Å². The van der Waals surface area contributed by atoms with E-state index >= 15 is 0 Å². The number of ether oxygens (including phenoxy) is 2. The molecule has 3 rings (SSSR count). The number of carbonyl (C=O) groups excluding carboxylic acids is 5. The van der Waals surface area contributed by atoms with Gasteiger partial charge in [0.25, 0.3) is 11.1 Å². The van der Waals surface area contributed by atoms with Crippen LogP contribution < -0.4 is 5.32 Å². The summed E-state index contributed by atoms with van der Waals surface area (Å²) in [5.74, 6) is -2.03. The Kier molecular flexibility index (Phi) is 6.71. The van der Waals surface area contributed by atoms with E-state index in [1.807, 2.05) is 0 Å². The number of amides is 3. The van der Waals surface area contributed by atoms with Gasteiger partial charge in [-0.05, 0) is 35.9 Å². The fraction of sp³-hybridized carbons (Fsp3) is 0.190. The summed E-state index contributed by atoms with van der Waals surface area (Å²) in [6, 6.07) is 10.5. The highest BCUT2D eigenvalue weighted by atomic mass is 32.2. The van der Waals surface area contributed by atoms with Crippen molar-refractivity contribution in [2.75, 3.05) is 25.3 Å². The van der Waals surface area contributed by atoms with Gasteiger partial charge in [-0.1, -0.05) is 23.9 Å². The van der Waals surface area contributed by atoms with Crippen LogP contribution in [-0.4, -0.2) is 53.9 Å². The zero-order valence-corrected chi connectivity index (χ0v) is 17.5. The zero-order chi connectivity index (χ0) is 22.5. The van der Waals surface area contributed by atoms with E-state index in [0.717, 1.165) is 16.7 Å². The van der Waals surface area contributed by atoms with Crippen LogP contribution in [0.4, 0.5) is 10.5 Å². The molecule has 1 heterocycles. The molecule has 0 aromatic heterocycles. The third-order valence-electron chi connectivity index (χ3n) is 4.40. The third-order valence-corrected chi connectivity index (χ3v) is 5.26. The molecule has 9 nitrogen and oxygen atoms in total. The highest BCUT2D eigenvalue weighted by Crippen LogP contribution is 2.22. The fourth-order valence-electron chi connectivity index (χ4n) is 2.90. The molecule has 0 saturated carbocycles. The van der Waals surface area contributed by atoms with Crippen molar-refractivity contribution in [2.45, 2.75) is 6.54 Å². The Morgan fingerprint density at radius 2 is 1.61 bits per heavy atom. The van der Waals surface area contributed by atoms with Crippen LogP contribution in [0.3, 0.4) is 0 Å². The molecule has 0 unspecified atom stereocenters. The molecule has 1 aliphatic heterocycles. The summed E-state index contributed by atoms with van der Waals surface area (Å²) in [5, 5.41) is 2.31. The Morgan fingerprint density at radius 3 is 2.16 bits per heavy atom. The van der Waals surface area contributed by atoms with E-state index in [9.17, 15) is 24.0 Å². The lowest BCUT2D eigenvalue weighted by molar-refractivity contribution is -0.125. The van der Waals surface area contributed by atoms with Crippen molar-refractivity contribution in [1.82, 2.24) is 4.90 Å². The molecule has 1 fully saturated rings. The van der Waals surface area contributed by atoms with Crippen molar-refractivity contribution in [3.8, 4) is 0 Å². The van der Waals surface area contributed by atoms with Crippen LogP contribution in [0.25, 0.3) is 0 Å². The molecule has 0 atom stereocenters. The Hall–Kier alpha value is -3.66. The molecule has 0 radical (unpaired) electrons. The standard InChI is InChI=1S/C21H18N2O7S/c1-29-19(26)14-7-15(20(27)30-2)9-16(8-14)22-18(25)13-5-3-4-12(6-13)10-23-17(24)11-31-21(23)28/h3-9H,10-11H2,1-2H3,(H,22,25). The minimum atomic E-state index is -0.680. The van der Waals surface area contributed by atoms with Crippen LogP contribution in [-0.2, 0) is 20.8 Å². The van der Waals surface area contributed by atoms with Gasteiger partial charge in [-0.25, -0.2) is 9.59 Å². The van der Waals surface area contributed by atoms with Crippen LogP contribution in [0.2, 0.25) is 0 Å². The third kappa shape index (κ3) is 5.10. The van der Waals surface area contributed by atoms with Crippen LogP contribution in [0.15, 0.2) is 42.5 Å². The molecule has 31 heavy (non-hydrogen) atoms. The summed E-state index contributed by atoms with van der Waals surface area (Å²) < 4.78 is 9.36. The van der Waals surface area contributed by atoms with Gasteiger partial charge in [-0.2, -0.15) is 0 Å². The largest absolute Gasteiger partial charge is 0.465 e. The first-order valence-corrected chi connectivity index (χ1v) is 10.00. The number of anilines is 1. The molecule has 3 amide bonds. The van der Waals surface area contributed by atoms with Gasteiger partial charge < -0.3 is 14.8 Å². The van der Waals surface area contributed by atoms with Crippen LogP contribution >= 0.6 is 11.8 Å². The second kappa shape index (κ2) is 9.43. The van der Waals surface area contributed by atoms with Crippen molar-refractivity contribution in [3.63, 3.8) is 0 Å². The lowest BCUT2D eigenvalue weighted by Crippen LogP contribution is -2.28.